The minimum absolute atomic E-state index is 0.130. The highest BCUT2D eigenvalue weighted by atomic mass is 32.2. The molecule has 4 rings (SSSR count). The number of aromatic nitrogens is 4. The van der Waals surface area contributed by atoms with Crippen LogP contribution in [0.3, 0.4) is 0 Å². The van der Waals surface area contributed by atoms with Crippen molar-refractivity contribution in [3.63, 3.8) is 0 Å². The Morgan fingerprint density at radius 1 is 1.06 bits per heavy atom. The molecule has 4 aromatic rings. The quantitative estimate of drug-likeness (QED) is 0.254. The molecule has 32 heavy (non-hydrogen) atoms. The molecule has 0 unspecified atom stereocenters. The lowest BCUT2D eigenvalue weighted by atomic mass is 10.2. The number of ether oxygens (including phenoxy) is 1. The van der Waals surface area contributed by atoms with E-state index in [1.54, 1.807) is 25.7 Å². The third-order valence-electron chi connectivity index (χ3n) is 4.45. The summed E-state index contributed by atoms with van der Waals surface area (Å²) in [7, 11) is 1.59. The Labute approximate surface area is 189 Å². The molecule has 0 radical (unpaired) electrons. The molecule has 0 fully saturated rings. The van der Waals surface area contributed by atoms with Crippen LogP contribution in [-0.4, -0.2) is 44.7 Å². The smallest absolute Gasteiger partial charge is 0.250 e. The second kappa shape index (κ2) is 10.4. The lowest BCUT2D eigenvalue weighted by molar-refractivity contribution is -0.118. The topological polar surface area (TPSA) is 94.3 Å². The molecule has 0 aliphatic rings. The van der Waals surface area contributed by atoms with Crippen LogP contribution in [0.25, 0.3) is 17.1 Å². The highest BCUT2D eigenvalue weighted by Gasteiger charge is 2.17. The fourth-order valence-corrected chi connectivity index (χ4v) is 3.71. The van der Waals surface area contributed by atoms with Crippen LogP contribution in [0.4, 0.5) is 0 Å². The van der Waals surface area contributed by atoms with Crippen LogP contribution in [0.2, 0.25) is 0 Å². The maximum Gasteiger partial charge on any atom is 0.250 e. The highest BCUT2D eigenvalue weighted by Crippen LogP contribution is 2.27. The molecule has 0 spiro atoms. The molecule has 9 heteroatoms. The fraction of sp³-hybridized carbons (Fsp3) is 0.0870. The van der Waals surface area contributed by atoms with Crippen molar-refractivity contribution in [2.24, 2.45) is 5.10 Å². The first-order valence-corrected chi connectivity index (χ1v) is 10.7. The van der Waals surface area contributed by atoms with Crippen molar-refractivity contribution in [1.82, 2.24) is 25.2 Å². The van der Waals surface area contributed by atoms with Gasteiger partial charge in [-0.3, -0.25) is 14.3 Å². The number of para-hydroxylation sites is 2. The summed E-state index contributed by atoms with van der Waals surface area (Å²) >= 11 is 1.28. The van der Waals surface area contributed by atoms with Crippen molar-refractivity contribution in [2.75, 3.05) is 12.9 Å². The Balaban J connectivity index is 1.48. The highest BCUT2D eigenvalue weighted by molar-refractivity contribution is 7.99. The number of nitrogens with zero attached hydrogens (tertiary/aromatic N) is 5. The van der Waals surface area contributed by atoms with Crippen molar-refractivity contribution in [3.05, 3.63) is 84.7 Å². The number of hydrogen-bond donors (Lipinski definition) is 1. The van der Waals surface area contributed by atoms with Gasteiger partial charge in [-0.2, -0.15) is 5.10 Å². The summed E-state index contributed by atoms with van der Waals surface area (Å²) < 4.78 is 7.19. The van der Waals surface area contributed by atoms with Crippen LogP contribution < -0.4 is 10.2 Å². The molecular weight excluding hydrogens is 424 g/mol. The normalized spacial score (nSPS) is 10.9. The number of thioether (sulfide) groups is 1. The zero-order valence-electron chi connectivity index (χ0n) is 17.3. The van der Waals surface area contributed by atoms with Gasteiger partial charge < -0.3 is 4.74 Å². The molecule has 0 saturated carbocycles. The van der Waals surface area contributed by atoms with Crippen LogP contribution in [-0.2, 0) is 4.79 Å². The molecule has 2 aromatic heterocycles. The van der Waals surface area contributed by atoms with Gasteiger partial charge in [0.15, 0.2) is 11.0 Å². The Morgan fingerprint density at radius 2 is 1.81 bits per heavy atom. The summed E-state index contributed by atoms with van der Waals surface area (Å²) in [5.41, 5.74) is 5.10. The minimum atomic E-state index is -0.255. The van der Waals surface area contributed by atoms with Gasteiger partial charge in [-0.25, -0.2) is 5.43 Å². The largest absolute Gasteiger partial charge is 0.496 e. The first-order chi connectivity index (χ1) is 15.8. The molecule has 0 aliphatic carbocycles. The van der Waals surface area contributed by atoms with Gasteiger partial charge in [0.1, 0.15) is 5.75 Å². The third kappa shape index (κ3) is 5.01. The van der Waals surface area contributed by atoms with E-state index in [-0.39, 0.29) is 11.7 Å². The molecule has 2 heterocycles. The van der Waals surface area contributed by atoms with Crippen LogP contribution in [0, 0.1) is 0 Å². The number of rotatable bonds is 8. The van der Waals surface area contributed by atoms with Gasteiger partial charge in [0.05, 0.1) is 19.1 Å². The van der Waals surface area contributed by atoms with E-state index in [1.807, 2.05) is 71.3 Å². The van der Waals surface area contributed by atoms with E-state index >= 15 is 0 Å². The molecule has 0 bridgehead atoms. The van der Waals surface area contributed by atoms with Gasteiger partial charge in [0, 0.05) is 29.2 Å². The molecule has 8 nitrogen and oxygen atoms in total. The number of pyridine rings is 1. The molecular formula is C23H20N6O2S. The van der Waals surface area contributed by atoms with Crippen LogP contribution in [0.1, 0.15) is 5.56 Å². The number of carbonyl (C=O) groups is 1. The number of carbonyl (C=O) groups excluding carboxylic acids is 1. The average molecular weight is 445 g/mol. The van der Waals surface area contributed by atoms with E-state index in [4.69, 9.17) is 4.74 Å². The van der Waals surface area contributed by atoms with E-state index in [2.05, 4.69) is 25.7 Å². The summed E-state index contributed by atoms with van der Waals surface area (Å²) in [5.74, 6) is 1.23. The average Bonchev–Trinajstić information content (AvgIpc) is 3.28. The minimum Gasteiger partial charge on any atom is -0.496 e. The van der Waals surface area contributed by atoms with Crippen LogP contribution in [0.15, 0.2) is 89.4 Å². The molecule has 0 atom stereocenters. The summed E-state index contributed by atoms with van der Waals surface area (Å²) in [6, 6.07) is 20.9. The van der Waals surface area contributed by atoms with E-state index in [0.717, 1.165) is 16.8 Å². The monoisotopic (exact) mass is 444 g/mol. The predicted molar refractivity (Wildman–Crippen MR) is 124 cm³/mol. The lowest BCUT2D eigenvalue weighted by Gasteiger charge is -2.10. The molecule has 1 amide bonds. The van der Waals surface area contributed by atoms with E-state index in [0.29, 0.717) is 16.7 Å². The van der Waals surface area contributed by atoms with Crippen molar-refractivity contribution < 1.29 is 9.53 Å². The molecule has 1 N–H and O–H groups in total. The zero-order chi connectivity index (χ0) is 22.2. The van der Waals surface area contributed by atoms with Crippen molar-refractivity contribution in [1.29, 1.82) is 0 Å². The standard InChI is InChI=1S/C23H20N6O2S/c1-31-20-10-6-5-7-18(20)15-25-26-21(30)16-32-23-28-27-22(17-11-13-24-14-12-17)29(23)19-8-3-2-4-9-19/h2-15H,16H2,1H3,(H,26,30)/b25-15+. The zero-order valence-corrected chi connectivity index (χ0v) is 18.1. The third-order valence-corrected chi connectivity index (χ3v) is 5.38. The number of methoxy groups -OCH3 is 1. The van der Waals surface area contributed by atoms with E-state index in [9.17, 15) is 4.79 Å². The van der Waals surface area contributed by atoms with Gasteiger partial charge in [0.2, 0.25) is 0 Å². The number of hydrazone groups is 1. The molecule has 0 saturated heterocycles. The first-order valence-electron chi connectivity index (χ1n) is 9.75. The van der Waals surface area contributed by atoms with Gasteiger partial charge in [-0.15, -0.1) is 10.2 Å². The van der Waals surface area contributed by atoms with Crippen LogP contribution in [0.5, 0.6) is 5.75 Å². The van der Waals surface area contributed by atoms with Gasteiger partial charge in [0.25, 0.3) is 5.91 Å². The maximum atomic E-state index is 12.3. The van der Waals surface area contributed by atoms with E-state index < -0.39 is 0 Å². The number of amides is 1. The first kappa shape index (κ1) is 21.3. The second-order valence-corrected chi connectivity index (χ2v) is 7.48. The van der Waals surface area contributed by atoms with Gasteiger partial charge in [-0.05, 0) is 36.4 Å². The number of nitrogens with one attached hydrogen (secondary N) is 1. The Hall–Kier alpha value is -3.98. The molecule has 2 aromatic carbocycles. The maximum absolute atomic E-state index is 12.3. The van der Waals surface area contributed by atoms with E-state index in [1.165, 1.54) is 11.8 Å². The van der Waals surface area contributed by atoms with Crippen molar-refractivity contribution in [3.8, 4) is 22.8 Å². The predicted octanol–water partition coefficient (Wildman–Crippen LogP) is 3.58. The summed E-state index contributed by atoms with van der Waals surface area (Å²) in [5, 5.41) is 13.3. The summed E-state index contributed by atoms with van der Waals surface area (Å²) in [6.07, 6.45) is 4.97. The fourth-order valence-electron chi connectivity index (χ4n) is 2.97. The van der Waals surface area contributed by atoms with Gasteiger partial charge in [-0.1, -0.05) is 42.1 Å². The summed E-state index contributed by atoms with van der Waals surface area (Å²) in [4.78, 5) is 16.4. The Morgan fingerprint density at radius 3 is 2.59 bits per heavy atom. The van der Waals surface area contributed by atoms with Crippen molar-refractivity contribution >= 4 is 23.9 Å². The summed E-state index contributed by atoms with van der Waals surface area (Å²) in [6.45, 7) is 0. The molecule has 0 aliphatic heterocycles. The van der Waals surface area contributed by atoms with Crippen molar-refractivity contribution in [2.45, 2.75) is 5.16 Å². The van der Waals surface area contributed by atoms with Gasteiger partial charge >= 0.3 is 0 Å². The number of hydrogen-bond acceptors (Lipinski definition) is 7. The second-order valence-electron chi connectivity index (χ2n) is 6.54. The Kier molecular flexibility index (Phi) is 6.88. The number of benzene rings is 2. The molecule has 160 valence electrons. The SMILES string of the molecule is COc1ccccc1/C=N/NC(=O)CSc1nnc(-c2ccncc2)n1-c1ccccc1. The Bertz CT molecular complexity index is 1210. The lowest BCUT2D eigenvalue weighted by Crippen LogP contribution is -2.20. The van der Waals surface area contributed by atoms with Crippen LogP contribution >= 0.6 is 11.8 Å².